The molecule has 0 aliphatic rings. The Morgan fingerprint density at radius 3 is 2.57 bits per heavy atom. The smallest absolute Gasteiger partial charge is 0.323 e. The molecule has 0 aliphatic heterocycles. The highest BCUT2D eigenvalue weighted by Gasteiger charge is 2.07. The van der Waals surface area contributed by atoms with Gasteiger partial charge < -0.3 is 20.4 Å². The van der Waals surface area contributed by atoms with Crippen molar-refractivity contribution in [3.05, 3.63) is 64.1 Å². The summed E-state index contributed by atoms with van der Waals surface area (Å²) in [5, 5.41) is 12.7. The van der Waals surface area contributed by atoms with E-state index in [1.54, 1.807) is 12.1 Å². The number of rotatable bonds is 4. The number of H-pyrrole nitrogens is 2. The monoisotopic (exact) mass is 283 g/mol. The third kappa shape index (κ3) is 2.98. The van der Waals surface area contributed by atoms with Gasteiger partial charge in [0.15, 0.2) is 0 Å². The SMILES string of the molecule is CC(NCc1ccc(O)cc1)c1ccc2[nH]c(=O)[nH]c2c1. The molecule has 0 radical (unpaired) electrons. The molecule has 0 saturated carbocycles. The molecule has 1 aromatic heterocycles. The molecule has 4 N–H and O–H groups in total. The van der Waals surface area contributed by atoms with E-state index in [-0.39, 0.29) is 17.5 Å². The molecule has 0 amide bonds. The average molecular weight is 283 g/mol. The van der Waals surface area contributed by atoms with Gasteiger partial charge >= 0.3 is 5.69 Å². The molecule has 0 aliphatic carbocycles. The fourth-order valence-corrected chi connectivity index (χ4v) is 2.32. The number of aromatic hydroxyl groups is 1. The Bertz CT molecular complexity index is 802. The number of nitrogens with one attached hydrogen (secondary N) is 3. The Balaban J connectivity index is 1.72. The van der Waals surface area contributed by atoms with Gasteiger partial charge in [-0.05, 0) is 42.3 Å². The second kappa shape index (κ2) is 5.46. The van der Waals surface area contributed by atoms with Crippen molar-refractivity contribution in [3.8, 4) is 5.75 Å². The van der Waals surface area contributed by atoms with Crippen molar-refractivity contribution >= 4 is 11.0 Å². The Kier molecular flexibility index (Phi) is 3.50. The first kappa shape index (κ1) is 13.5. The van der Waals surface area contributed by atoms with Crippen LogP contribution < -0.4 is 11.0 Å². The van der Waals surface area contributed by atoms with Gasteiger partial charge in [-0.1, -0.05) is 18.2 Å². The van der Waals surface area contributed by atoms with Crippen molar-refractivity contribution in [1.82, 2.24) is 15.3 Å². The van der Waals surface area contributed by atoms with Crippen LogP contribution in [0.25, 0.3) is 11.0 Å². The van der Waals surface area contributed by atoms with E-state index in [1.807, 2.05) is 30.3 Å². The zero-order valence-corrected chi connectivity index (χ0v) is 11.7. The lowest BCUT2D eigenvalue weighted by Gasteiger charge is -2.14. The normalized spacial score (nSPS) is 12.6. The van der Waals surface area contributed by atoms with Gasteiger partial charge in [0.1, 0.15) is 5.75 Å². The molecule has 1 heterocycles. The molecule has 1 unspecified atom stereocenters. The molecule has 5 nitrogen and oxygen atoms in total. The van der Waals surface area contributed by atoms with Gasteiger partial charge in [-0.15, -0.1) is 0 Å². The Hall–Kier alpha value is -2.53. The van der Waals surface area contributed by atoms with Crippen LogP contribution in [0.15, 0.2) is 47.3 Å². The van der Waals surface area contributed by atoms with Gasteiger partial charge in [0.25, 0.3) is 0 Å². The molecule has 0 bridgehead atoms. The topological polar surface area (TPSA) is 80.9 Å². The quantitative estimate of drug-likeness (QED) is 0.593. The van der Waals surface area contributed by atoms with Gasteiger partial charge in [-0.2, -0.15) is 0 Å². The highest BCUT2D eigenvalue weighted by atomic mass is 16.3. The Morgan fingerprint density at radius 1 is 1.10 bits per heavy atom. The molecule has 0 spiro atoms. The van der Waals surface area contributed by atoms with Crippen molar-refractivity contribution in [3.63, 3.8) is 0 Å². The van der Waals surface area contributed by atoms with Crippen LogP contribution in [0.2, 0.25) is 0 Å². The van der Waals surface area contributed by atoms with Crippen molar-refractivity contribution in [2.75, 3.05) is 0 Å². The third-order valence-corrected chi connectivity index (χ3v) is 3.59. The number of imidazole rings is 1. The van der Waals surface area contributed by atoms with E-state index >= 15 is 0 Å². The van der Waals surface area contributed by atoms with E-state index in [0.717, 1.165) is 22.2 Å². The average Bonchev–Trinajstić information content (AvgIpc) is 2.85. The number of aromatic amines is 2. The molecule has 5 heteroatoms. The highest BCUT2D eigenvalue weighted by Crippen LogP contribution is 2.18. The lowest BCUT2D eigenvalue weighted by Crippen LogP contribution is -2.17. The van der Waals surface area contributed by atoms with E-state index in [9.17, 15) is 9.90 Å². The largest absolute Gasteiger partial charge is 0.508 e. The van der Waals surface area contributed by atoms with Crippen molar-refractivity contribution < 1.29 is 5.11 Å². The summed E-state index contributed by atoms with van der Waals surface area (Å²) in [4.78, 5) is 16.8. The molecular weight excluding hydrogens is 266 g/mol. The van der Waals surface area contributed by atoms with Crippen LogP contribution in [-0.4, -0.2) is 15.1 Å². The Morgan fingerprint density at radius 2 is 1.81 bits per heavy atom. The Labute approximate surface area is 121 Å². The maximum absolute atomic E-state index is 11.3. The van der Waals surface area contributed by atoms with E-state index < -0.39 is 0 Å². The van der Waals surface area contributed by atoms with Gasteiger partial charge in [-0.3, -0.25) is 0 Å². The van der Waals surface area contributed by atoms with Gasteiger partial charge in [0, 0.05) is 12.6 Å². The van der Waals surface area contributed by atoms with E-state index in [1.165, 1.54) is 0 Å². The number of aromatic nitrogens is 2. The fraction of sp³-hybridized carbons (Fsp3) is 0.188. The predicted octanol–water partition coefficient (Wildman–Crippen LogP) is 2.41. The summed E-state index contributed by atoms with van der Waals surface area (Å²) in [6, 6.07) is 13.2. The van der Waals surface area contributed by atoms with Crippen LogP contribution in [-0.2, 0) is 6.54 Å². The molecular formula is C16H17N3O2. The van der Waals surface area contributed by atoms with E-state index in [0.29, 0.717) is 6.54 Å². The molecule has 3 aromatic rings. The minimum absolute atomic E-state index is 0.154. The molecule has 108 valence electrons. The summed E-state index contributed by atoms with van der Waals surface area (Å²) in [6.45, 7) is 2.79. The number of phenols is 1. The second-order valence-electron chi connectivity index (χ2n) is 5.15. The number of fused-ring (bicyclic) bond motifs is 1. The number of phenolic OH excluding ortho intramolecular Hbond substituents is 1. The summed E-state index contributed by atoms with van der Waals surface area (Å²) < 4.78 is 0. The van der Waals surface area contributed by atoms with Crippen LogP contribution in [0.5, 0.6) is 5.75 Å². The number of benzene rings is 2. The van der Waals surface area contributed by atoms with E-state index in [2.05, 4.69) is 22.2 Å². The summed E-state index contributed by atoms with van der Waals surface area (Å²) in [6.07, 6.45) is 0. The maximum atomic E-state index is 11.3. The van der Waals surface area contributed by atoms with Crippen molar-refractivity contribution in [2.24, 2.45) is 0 Å². The summed E-state index contributed by atoms with van der Waals surface area (Å²) in [5.74, 6) is 0.272. The number of hydrogen-bond acceptors (Lipinski definition) is 3. The molecule has 21 heavy (non-hydrogen) atoms. The highest BCUT2D eigenvalue weighted by molar-refractivity contribution is 5.75. The standard InChI is InChI=1S/C16H17N3O2/c1-10(17-9-11-2-5-13(20)6-3-11)12-4-7-14-15(8-12)19-16(21)18-14/h2-8,10,17,20H,9H2,1H3,(H2,18,19,21). The molecule has 0 fully saturated rings. The van der Waals surface area contributed by atoms with E-state index in [4.69, 9.17) is 0 Å². The van der Waals surface area contributed by atoms with Crippen LogP contribution in [0.1, 0.15) is 24.1 Å². The predicted molar refractivity (Wildman–Crippen MR) is 82.3 cm³/mol. The summed E-state index contributed by atoms with van der Waals surface area (Å²) in [5.41, 5.74) is 3.66. The second-order valence-corrected chi connectivity index (χ2v) is 5.15. The minimum atomic E-state index is -0.188. The van der Waals surface area contributed by atoms with Crippen LogP contribution in [0.3, 0.4) is 0 Å². The maximum Gasteiger partial charge on any atom is 0.323 e. The lowest BCUT2D eigenvalue weighted by molar-refractivity contribution is 0.474. The van der Waals surface area contributed by atoms with Gasteiger partial charge in [0.2, 0.25) is 0 Å². The fourth-order valence-electron chi connectivity index (χ4n) is 2.32. The zero-order chi connectivity index (χ0) is 14.8. The van der Waals surface area contributed by atoms with Gasteiger partial charge in [0.05, 0.1) is 11.0 Å². The molecule has 1 atom stereocenters. The zero-order valence-electron chi connectivity index (χ0n) is 11.7. The van der Waals surface area contributed by atoms with Crippen molar-refractivity contribution in [2.45, 2.75) is 19.5 Å². The minimum Gasteiger partial charge on any atom is -0.508 e. The lowest BCUT2D eigenvalue weighted by atomic mass is 10.1. The van der Waals surface area contributed by atoms with Crippen molar-refractivity contribution in [1.29, 1.82) is 0 Å². The first-order valence-corrected chi connectivity index (χ1v) is 6.85. The molecule has 3 rings (SSSR count). The van der Waals surface area contributed by atoms with Crippen LogP contribution in [0.4, 0.5) is 0 Å². The third-order valence-electron chi connectivity index (χ3n) is 3.59. The summed E-state index contributed by atoms with van der Waals surface area (Å²) in [7, 11) is 0. The molecule has 2 aromatic carbocycles. The van der Waals surface area contributed by atoms with Crippen LogP contribution >= 0.6 is 0 Å². The first-order chi connectivity index (χ1) is 10.1. The molecule has 0 saturated heterocycles. The number of hydrogen-bond donors (Lipinski definition) is 4. The van der Waals surface area contributed by atoms with Crippen LogP contribution in [0, 0.1) is 0 Å². The van der Waals surface area contributed by atoms with Gasteiger partial charge in [-0.25, -0.2) is 4.79 Å². The first-order valence-electron chi connectivity index (χ1n) is 6.85. The summed E-state index contributed by atoms with van der Waals surface area (Å²) >= 11 is 0.